The second-order valence-electron chi connectivity index (χ2n) is 5.24. The molecule has 0 saturated carbocycles. The molecule has 0 fully saturated rings. The smallest absolute Gasteiger partial charge is 0.237 e. The molecule has 0 aliphatic rings. The lowest BCUT2D eigenvalue weighted by Crippen LogP contribution is -2.51. The van der Waals surface area contributed by atoms with Crippen molar-refractivity contribution in [2.24, 2.45) is 5.73 Å². The molecule has 21 heavy (non-hydrogen) atoms. The molecule has 1 aromatic rings. The van der Waals surface area contributed by atoms with Gasteiger partial charge in [0.15, 0.2) is 11.5 Å². The van der Waals surface area contributed by atoms with Crippen LogP contribution in [0.5, 0.6) is 11.5 Å². The number of carbonyl (C=O) groups excluding carboxylic acids is 1. The number of aryl methyl sites for hydroxylation is 1. The van der Waals surface area contributed by atoms with E-state index in [1.807, 2.05) is 18.2 Å². The largest absolute Gasteiger partial charge is 0.493 e. The number of likely N-dealkylation sites (N-methyl/N-ethyl adjacent to an activating group) is 1. The third kappa shape index (κ3) is 4.63. The Morgan fingerprint density at radius 3 is 2.62 bits per heavy atom. The summed E-state index contributed by atoms with van der Waals surface area (Å²) in [6.07, 6.45) is 2.29. The predicted molar refractivity (Wildman–Crippen MR) is 83.8 cm³/mol. The Balaban J connectivity index is 2.55. The summed E-state index contributed by atoms with van der Waals surface area (Å²) in [6, 6.07) is 5.93. The number of nitrogens with two attached hydrogens (primary N) is 1. The number of ether oxygens (including phenoxy) is 2. The average Bonchev–Trinajstić information content (AvgIpc) is 2.50. The summed E-state index contributed by atoms with van der Waals surface area (Å²) in [4.78, 5) is 11.4. The SMILES string of the molecule is CCc1ccc(OCCCC(C)(NC)C(N)=O)c(OC)c1. The minimum absolute atomic E-state index is 0.352. The van der Waals surface area contributed by atoms with Crippen molar-refractivity contribution in [3.05, 3.63) is 23.8 Å². The summed E-state index contributed by atoms with van der Waals surface area (Å²) in [5.74, 6) is 1.11. The Kier molecular flexibility index (Phi) is 6.49. The van der Waals surface area contributed by atoms with E-state index in [2.05, 4.69) is 12.2 Å². The van der Waals surface area contributed by atoms with Gasteiger partial charge in [-0.1, -0.05) is 13.0 Å². The maximum absolute atomic E-state index is 11.4. The Labute approximate surface area is 126 Å². The van der Waals surface area contributed by atoms with E-state index in [0.29, 0.717) is 13.0 Å². The zero-order valence-corrected chi connectivity index (χ0v) is 13.4. The normalized spacial score (nSPS) is 13.5. The lowest BCUT2D eigenvalue weighted by atomic mass is 9.95. The molecule has 0 heterocycles. The second kappa shape index (κ2) is 7.88. The number of benzene rings is 1. The van der Waals surface area contributed by atoms with Crippen LogP contribution in [-0.4, -0.2) is 32.2 Å². The molecule has 0 spiro atoms. The third-order valence-electron chi connectivity index (χ3n) is 3.81. The van der Waals surface area contributed by atoms with Gasteiger partial charge in [-0.05, 0) is 50.9 Å². The molecule has 0 saturated heterocycles. The highest BCUT2D eigenvalue weighted by atomic mass is 16.5. The van der Waals surface area contributed by atoms with Crippen molar-refractivity contribution in [1.29, 1.82) is 0 Å². The van der Waals surface area contributed by atoms with Gasteiger partial charge < -0.3 is 20.5 Å². The van der Waals surface area contributed by atoms with Crippen LogP contribution in [-0.2, 0) is 11.2 Å². The number of carbonyl (C=O) groups is 1. The number of rotatable bonds is 9. The first-order chi connectivity index (χ1) is 9.96. The molecule has 0 bridgehead atoms. The highest BCUT2D eigenvalue weighted by molar-refractivity contribution is 5.84. The summed E-state index contributed by atoms with van der Waals surface area (Å²) >= 11 is 0. The van der Waals surface area contributed by atoms with Gasteiger partial charge in [0.25, 0.3) is 0 Å². The van der Waals surface area contributed by atoms with Crippen molar-refractivity contribution in [2.45, 2.75) is 38.6 Å². The van der Waals surface area contributed by atoms with Crippen LogP contribution in [0.25, 0.3) is 0 Å². The fourth-order valence-corrected chi connectivity index (χ4v) is 2.03. The number of hydrogen-bond donors (Lipinski definition) is 2. The molecule has 1 atom stereocenters. The Morgan fingerprint density at radius 2 is 2.10 bits per heavy atom. The molecule has 1 rings (SSSR count). The van der Waals surface area contributed by atoms with Crippen molar-refractivity contribution >= 4 is 5.91 Å². The highest BCUT2D eigenvalue weighted by Crippen LogP contribution is 2.28. The summed E-state index contributed by atoms with van der Waals surface area (Å²) in [6.45, 7) is 4.40. The van der Waals surface area contributed by atoms with E-state index in [1.165, 1.54) is 5.56 Å². The van der Waals surface area contributed by atoms with E-state index in [-0.39, 0.29) is 5.91 Å². The Hall–Kier alpha value is -1.75. The van der Waals surface area contributed by atoms with Gasteiger partial charge in [0, 0.05) is 0 Å². The monoisotopic (exact) mass is 294 g/mol. The molecule has 0 aliphatic carbocycles. The third-order valence-corrected chi connectivity index (χ3v) is 3.81. The zero-order chi connectivity index (χ0) is 15.9. The average molecular weight is 294 g/mol. The van der Waals surface area contributed by atoms with E-state index in [1.54, 1.807) is 21.1 Å². The van der Waals surface area contributed by atoms with E-state index >= 15 is 0 Å². The van der Waals surface area contributed by atoms with Gasteiger partial charge in [0.05, 0.1) is 19.3 Å². The van der Waals surface area contributed by atoms with Crippen LogP contribution in [0.4, 0.5) is 0 Å². The van der Waals surface area contributed by atoms with Crippen molar-refractivity contribution in [3.63, 3.8) is 0 Å². The Morgan fingerprint density at radius 1 is 1.38 bits per heavy atom. The number of hydrogen-bond acceptors (Lipinski definition) is 4. The molecular formula is C16H26N2O3. The van der Waals surface area contributed by atoms with Crippen molar-refractivity contribution < 1.29 is 14.3 Å². The number of nitrogens with one attached hydrogen (secondary N) is 1. The van der Waals surface area contributed by atoms with Gasteiger partial charge in [-0.3, -0.25) is 4.79 Å². The predicted octanol–water partition coefficient (Wildman–Crippen LogP) is 1.88. The van der Waals surface area contributed by atoms with E-state index < -0.39 is 5.54 Å². The fraction of sp³-hybridized carbons (Fsp3) is 0.562. The van der Waals surface area contributed by atoms with Gasteiger partial charge in [-0.15, -0.1) is 0 Å². The molecule has 1 aromatic carbocycles. The van der Waals surface area contributed by atoms with Crippen LogP contribution in [0.15, 0.2) is 18.2 Å². The molecule has 5 nitrogen and oxygen atoms in total. The van der Waals surface area contributed by atoms with Crippen LogP contribution in [0, 0.1) is 0 Å². The van der Waals surface area contributed by atoms with E-state index in [0.717, 1.165) is 24.3 Å². The molecule has 5 heteroatoms. The molecule has 0 radical (unpaired) electrons. The first kappa shape index (κ1) is 17.3. The molecule has 118 valence electrons. The van der Waals surface area contributed by atoms with Crippen LogP contribution < -0.4 is 20.5 Å². The molecule has 0 aliphatic heterocycles. The maximum Gasteiger partial charge on any atom is 0.237 e. The van der Waals surface area contributed by atoms with Crippen molar-refractivity contribution in [3.8, 4) is 11.5 Å². The molecule has 1 unspecified atom stereocenters. The molecular weight excluding hydrogens is 268 g/mol. The lowest BCUT2D eigenvalue weighted by molar-refractivity contribution is -0.123. The lowest BCUT2D eigenvalue weighted by Gasteiger charge is -2.25. The summed E-state index contributed by atoms with van der Waals surface area (Å²) < 4.78 is 11.1. The zero-order valence-electron chi connectivity index (χ0n) is 13.4. The van der Waals surface area contributed by atoms with Crippen LogP contribution in [0.2, 0.25) is 0 Å². The maximum atomic E-state index is 11.4. The summed E-state index contributed by atoms with van der Waals surface area (Å²) in [5, 5.41) is 2.96. The van der Waals surface area contributed by atoms with E-state index in [4.69, 9.17) is 15.2 Å². The Bertz CT molecular complexity index is 477. The summed E-state index contributed by atoms with van der Waals surface area (Å²) in [5.41, 5.74) is 5.90. The first-order valence-electron chi connectivity index (χ1n) is 7.25. The van der Waals surface area contributed by atoms with Gasteiger partial charge in [0.1, 0.15) is 0 Å². The van der Waals surface area contributed by atoms with Gasteiger partial charge in [-0.25, -0.2) is 0 Å². The van der Waals surface area contributed by atoms with Crippen molar-refractivity contribution in [2.75, 3.05) is 20.8 Å². The van der Waals surface area contributed by atoms with E-state index in [9.17, 15) is 4.79 Å². The van der Waals surface area contributed by atoms with Gasteiger partial charge >= 0.3 is 0 Å². The minimum atomic E-state index is -0.695. The fourth-order valence-electron chi connectivity index (χ4n) is 2.03. The van der Waals surface area contributed by atoms with Crippen molar-refractivity contribution in [1.82, 2.24) is 5.32 Å². The second-order valence-corrected chi connectivity index (χ2v) is 5.24. The molecule has 0 aromatic heterocycles. The first-order valence-corrected chi connectivity index (χ1v) is 7.25. The minimum Gasteiger partial charge on any atom is -0.493 e. The van der Waals surface area contributed by atoms with Gasteiger partial charge in [-0.2, -0.15) is 0 Å². The topological polar surface area (TPSA) is 73.6 Å². The number of amides is 1. The quantitative estimate of drug-likeness (QED) is 0.682. The van der Waals surface area contributed by atoms with Gasteiger partial charge in [0.2, 0.25) is 5.91 Å². The molecule has 3 N–H and O–H groups in total. The van der Waals surface area contributed by atoms with Crippen LogP contribution in [0.3, 0.4) is 0 Å². The number of methoxy groups -OCH3 is 1. The molecule has 1 amide bonds. The number of primary amides is 1. The summed E-state index contributed by atoms with van der Waals surface area (Å²) in [7, 11) is 3.37. The standard InChI is InChI=1S/C16H26N2O3/c1-5-12-7-8-13(14(11-12)20-4)21-10-6-9-16(2,18-3)15(17)19/h7-8,11,18H,5-6,9-10H2,1-4H3,(H2,17,19). The van der Waals surface area contributed by atoms with Crippen LogP contribution >= 0.6 is 0 Å². The van der Waals surface area contributed by atoms with Crippen LogP contribution in [0.1, 0.15) is 32.3 Å². The highest BCUT2D eigenvalue weighted by Gasteiger charge is 2.28.